The van der Waals surface area contributed by atoms with E-state index in [-0.39, 0.29) is 0 Å². The lowest BCUT2D eigenvalue weighted by molar-refractivity contribution is 0.997. The van der Waals surface area contributed by atoms with E-state index in [0.29, 0.717) is 0 Å². The molecule has 0 rings (SSSR count). The van der Waals surface area contributed by atoms with E-state index in [4.69, 9.17) is 0 Å². The van der Waals surface area contributed by atoms with Gasteiger partial charge in [0.1, 0.15) is 0 Å². The zero-order chi connectivity index (χ0) is 9.56. The molecule has 0 saturated carbocycles. The van der Waals surface area contributed by atoms with E-state index in [9.17, 15) is 0 Å². The summed E-state index contributed by atoms with van der Waals surface area (Å²) in [5.74, 6) is 0. The lowest BCUT2D eigenvalue weighted by Crippen LogP contribution is -2.05. The van der Waals surface area contributed by atoms with Crippen molar-refractivity contribution in [2.75, 3.05) is 7.05 Å². The number of hydrogen-bond donors (Lipinski definition) is 1. The first-order chi connectivity index (χ1) is 5.65. The van der Waals surface area contributed by atoms with Gasteiger partial charge in [-0.2, -0.15) is 0 Å². The van der Waals surface area contributed by atoms with E-state index in [2.05, 4.69) is 23.6 Å². The molecule has 12 heavy (non-hydrogen) atoms. The number of likely N-dealkylation sites (N-methyl/N-ethyl adjacent to an activating group) is 1. The molecule has 1 N–H and O–H groups in total. The molecule has 0 aliphatic heterocycles. The number of rotatable bonds is 4. The molecular weight excluding hydrogens is 148 g/mol. The lowest BCUT2D eigenvalue weighted by atomic mass is 10.2. The van der Waals surface area contributed by atoms with Crippen LogP contribution in [-0.4, -0.2) is 13.8 Å². The molecule has 0 aliphatic carbocycles. The van der Waals surface area contributed by atoms with Gasteiger partial charge in [-0.1, -0.05) is 18.2 Å². The zero-order valence-corrected chi connectivity index (χ0v) is 8.02. The maximum absolute atomic E-state index is 3.85. The average molecular weight is 164 g/mol. The van der Waals surface area contributed by atoms with Crippen molar-refractivity contribution in [3.63, 3.8) is 0 Å². The Morgan fingerprint density at radius 1 is 1.50 bits per heavy atom. The van der Waals surface area contributed by atoms with Crippen molar-refractivity contribution in [2.24, 2.45) is 4.99 Å². The lowest BCUT2D eigenvalue weighted by Gasteiger charge is -2.04. The molecule has 0 aromatic rings. The van der Waals surface area contributed by atoms with Crippen molar-refractivity contribution >= 4 is 6.72 Å². The van der Waals surface area contributed by atoms with E-state index >= 15 is 0 Å². The van der Waals surface area contributed by atoms with Crippen LogP contribution in [0.25, 0.3) is 0 Å². The third-order valence-corrected chi connectivity index (χ3v) is 1.60. The van der Waals surface area contributed by atoms with Gasteiger partial charge in [0.05, 0.1) is 11.4 Å². The zero-order valence-electron chi connectivity index (χ0n) is 8.02. The SMILES string of the molecule is C=N/C(=C/C(C)=C/C)C(=C)NC. The van der Waals surface area contributed by atoms with Gasteiger partial charge in [0.15, 0.2) is 0 Å². The fraction of sp³-hybridized carbons (Fsp3) is 0.300. The van der Waals surface area contributed by atoms with Crippen molar-refractivity contribution in [2.45, 2.75) is 13.8 Å². The molecule has 0 atom stereocenters. The van der Waals surface area contributed by atoms with Crippen LogP contribution in [-0.2, 0) is 0 Å². The third kappa shape index (κ3) is 3.19. The first-order valence-corrected chi connectivity index (χ1v) is 3.84. The molecule has 2 nitrogen and oxygen atoms in total. The third-order valence-electron chi connectivity index (χ3n) is 1.60. The summed E-state index contributed by atoms with van der Waals surface area (Å²) in [6, 6.07) is 0. The highest BCUT2D eigenvalue weighted by Crippen LogP contribution is 2.08. The molecule has 0 aliphatic rings. The first-order valence-electron chi connectivity index (χ1n) is 3.84. The molecule has 0 spiro atoms. The Morgan fingerprint density at radius 3 is 2.42 bits per heavy atom. The second kappa shape index (κ2) is 5.35. The standard InChI is InChI=1S/C10H16N2/c1-6-8(2)7-10(12-5)9(3)11-4/h6-7,11H,3,5H2,1-2,4H3/b8-6+,10-7+. The number of allylic oxidation sites excluding steroid dienone is 3. The van der Waals surface area contributed by atoms with Crippen LogP contribution in [0.2, 0.25) is 0 Å². The van der Waals surface area contributed by atoms with Gasteiger partial charge in [-0.05, 0) is 26.6 Å². The van der Waals surface area contributed by atoms with Crippen molar-refractivity contribution in [1.82, 2.24) is 5.32 Å². The highest BCUT2D eigenvalue weighted by Gasteiger charge is 1.95. The largest absolute Gasteiger partial charge is 0.387 e. The Hall–Kier alpha value is -1.31. The molecule has 0 aromatic carbocycles. The molecule has 0 heterocycles. The molecule has 0 saturated heterocycles. The summed E-state index contributed by atoms with van der Waals surface area (Å²) in [6.45, 7) is 11.3. The Kier molecular flexibility index (Phi) is 4.77. The minimum absolute atomic E-state index is 0.784. The minimum Gasteiger partial charge on any atom is -0.387 e. The average Bonchev–Trinajstić information content (AvgIpc) is 2.12. The van der Waals surface area contributed by atoms with Gasteiger partial charge >= 0.3 is 0 Å². The van der Waals surface area contributed by atoms with E-state index in [1.807, 2.05) is 33.0 Å². The van der Waals surface area contributed by atoms with Gasteiger partial charge in [-0.15, -0.1) is 0 Å². The fourth-order valence-electron chi connectivity index (χ4n) is 0.655. The summed E-state index contributed by atoms with van der Waals surface area (Å²) >= 11 is 0. The fourth-order valence-corrected chi connectivity index (χ4v) is 0.655. The minimum atomic E-state index is 0.784. The van der Waals surface area contributed by atoms with E-state index < -0.39 is 0 Å². The van der Waals surface area contributed by atoms with Crippen molar-refractivity contribution < 1.29 is 0 Å². The maximum Gasteiger partial charge on any atom is 0.0849 e. The Labute approximate surface area is 74.4 Å². The highest BCUT2D eigenvalue weighted by atomic mass is 14.9. The topological polar surface area (TPSA) is 24.4 Å². The van der Waals surface area contributed by atoms with Gasteiger partial charge < -0.3 is 5.32 Å². The second-order valence-corrected chi connectivity index (χ2v) is 2.45. The predicted octanol–water partition coefficient (Wildman–Crippen LogP) is 2.27. The first kappa shape index (κ1) is 10.7. The summed E-state index contributed by atoms with van der Waals surface area (Å²) in [5.41, 5.74) is 2.72. The van der Waals surface area contributed by atoms with Crippen LogP contribution in [0.5, 0.6) is 0 Å². The molecule has 0 amide bonds. The molecule has 0 unspecified atom stereocenters. The van der Waals surface area contributed by atoms with E-state index in [1.165, 1.54) is 0 Å². The van der Waals surface area contributed by atoms with Gasteiger partial charge in [-0.25, -0.2) is 0 Å². The van der Waals surface area contributed by atoms with E-state index in [0.717, 1.165) is 17.0 Å². The summed E-state index contributed by atoms with van der Waals surface area (Å²) in [4.78, 5) is 3.85. The molecule has 0 radical (unpaired) electrons. The molecule has 2 heteroatoms. The van der Waals surface area contributed by atoms with Gasteiger partial charge in [-0.3, -0.25) is 4.99 Å². The Bertz CT molecular complexity index is 234. The van der Waals surface area contributed by atoms with Crippen molar-refractivity contribution in [3.05, 3.63) is 35.7 Å². The highest BCUT2D eigenvalue weighted by molar-refractivity contribution is 5.40. The quantitative estimate of drug-likeness (QED) is 0.500. The maximum atomic E-state index is 3.85. The molecule has 0 fully saturated rings. The summed E-state index contributed by atoms with van der Waals surface area (Å²) < 4.78 is 0. The summed E-state index contributed by atoms with van der Waals surface area (Å²) in [6.07, 6.45) is 3.94. The second-order valence-electron chi connectivity index (χ2n) is 2.45. The van der Waals surface area contributed by atoms with Crippen LogP contribution in [0, 0.1) is 0 Å². The Morgan fingerprint density at radius 2 is 2.08 bits per heavy atom. The number of nitrogens with one attached hydrogen (secondary N) is 1. The molecule has 0 aromatic heterocycles. The summed E-state index contributed by atoms with van der Waals surface area (Å²) in [7, 11) is 1.81. The van der Waals surface area contributed by atoms with Gasteiger partial charge in [0.25, 0.3) is 0 Å². The molecule has 66 valence electrons. The normalized spacial score (nSPS) is 12.6. The number of aliphatic imine (C=N–C) groups is 1. The Balaban J connectivity index is 4.66. The number of hydrogen-bond acceptors (Lipinski definition) is 2. The van der Waals surface area contributed by atoms with E-state index in [1.54, 1.807) is 0 Å². The smallest absolute Gasteiger partial charge is 0.0849 e. The van der Waals surface area contributed by atoms with Crippen LogP contribution < -0.4 is 5.32 Å². The molecule has 0 bridgehead atoms. The number of nitrogens with zero attached hydrogens (tertiary/aromatic N) is 1. The van der Waals surface area contributed by atoms with Crippen LogP contribution in [0.15, 0.2) is 40.7 Å². The molecular formula is C10H16N2. The monoisotopic (exact) mass is 164 g/mol. The predicted molar refractivity (Wildman–Crippen MR) is 55.3 cm³/mol. The van der Waals surface area contributed by atoms with Gasteiger partial charge in [0.2, 0.25) is 0 Å². The summed E-state index contributed by atoms with van der Waals surface area (Å²) in [5, 5.41) is 2.92. The van der Waals surface area contributed by atoms with Crippen LogP contribution >= 0.6 is 0 Å². The van der Waals surface area contributed by atoms with Crippen molar-refractivity contribution in [1.29, 1.82) is 0 Å². The van der Waals surface area contributed by atoms with Crippen LogP contribution in [0.4, 0.5) is 0 Å². The van der Waals surface area contributed by atoms with Gasteiger partial charge in [0, 0.05) is 7.05 Å². The van der Waals surface area contributed by atoms with Crippen LogP contribution in [0.3, 0.4) is 0 Å². The van der Waals surface area contributed by atoms with Crippen LogP contribution in [0.1, 0.15) is 13.8 Å². The van der Waals surface area contributed by atoms with Crippen molar-refractivity contribution in [3.8, 4) is 0 Å².